The summed E-state index contributed by atoms with van der Waals surface area (Å²) in [7, 11) is 0. The molecule has 0 unspecified atom stereocenters. The molecule has 0 saturated carbocycles. The van der Waals surface area contributed by atoms with Crippen LogP contribution in [0.25, 0.3) is 11.1 Å². The second-order valence-electron chi connectivity index (χ2n) is 4.84. The minimum Gasteiger partial charge on any atom is -0.327 e. The molecule has 4 nitrogen and oxygen atoms in total. The number of nitrogens with one attached hydrogen (secondary N) is 2. The van der Waals surface area contributed by atoms with Gasteiger partial charge in [-0.05, 0) is 29.3 Å². The maximum atomic E-state index is 12.3. The van der Waals surface area contributed by atoms with E-state index < -0.39 is 0 Å². The van der Waals surface area contributed by atoms with Crippen LogP contribution in [0.2, 0.25) is 0 Å². The van der Waals surface area contributed by atoms with Crippen LogP contribution in [0.3, 0.4) is 0 Å². The van der Waals surface area contributed by atoms with Crippen molar-refractivity contribution in [1.82, 2.24) is 4.98 Å². The molecule has 4 heteroatoms. The lowest BCUT2D eigenvalue weighted by atomic mass is 10.0. The number of anilines is 1. The Balaban J connectivity index is 1.84. The summed E-state index contributed by atoms with van der Waals surface area (Å²) in [6, 6.07) is 20.2. The van der Waals surface area contributed by atoms with Crippen molar-refractivity contribution >= 4 is 11.6 Å². The van der Waals surface area contributed by atoms with Crippen LogP contribution < -0.4 is 10.9 Å². The standard InChI is InChI=1S/C18H14N2O2/c21-17-10-9-16(12-19-17)20-18(22)15-8-4-7-14(11-15)13-5-2-1-3-6-13/h1-12H,(H,19,21)(H,20,22). The Kier molecular flexibility index (Phi) is 3.83. The number of carbonyl (C=O) groups is 1. The highest BCUT2D eigenvalue weighted by Crippen LogP contribution is 2.20. The maximum Gasteiger partial charge on any atom is 0.255 e. The van der Waals surface area contributed by atoms with Crippen LogP contribution >= 0.6 is 0 Å². The molecule has 3 aromatic rings. The van der Waals surface area contributed by atoms with Gasteiger partial charge in [-0.3, -0.25) is 9.59 Å². The lowest BCUT2D eigenvalue weighted by Crippen LogP contribution is -2.13. The number of H-pyrrole nitrogens is 1. The fraction of sp³-hybridized carbons (Fsp3) is 0. The summed E-state index contributed by atoms with van der Waals surface area (Å²) in [4.78, 5) is 25.8. The van der Waals surface area contributed by atoms with Crippen molar-refractivity contribution in [2.24, 2.45) is 0 Å². The summed E-state index contributed by atoms with van der Waals surface area (Å²) in [6.07, 6.45) is 1.47. The number of carbonyl (C=O) groups excluding carboxylic acids is 1. The van der Waals surface area contributed by atoms with Gasteiger partial charge in [0.1, 0.15) is 0 Å². The van der Waals surface area contributed by atoms with Crippen molar-refractivity contribution in [3.05, 3.63) is 88.8 Å². The largest absolute Gasteiger partial charge is 0.327 e. The van der Waals surface area contributed by atoms with Crippen molar-refractivity contribution in [2.45, 2.75) is 0 Å². The third-order valence-corrected chi connectivity index (χ3v) is 3.27. The molecule has 0 aliphatic rings. The van der Waals surface area contributed by atoms with Crippen LogP contribution in [0.4, 0.5) is 5.69 Å². The molecular weight excluding hydrogens is 276 g/mol. The molecule has 1 heterocycles. The van der Waals surface area contributed by atoms with Crippen LogP contribution in [-0.4, -0.2) is 10.9 Å². The Morgan fingerprint density at radius 2 is 1.64 bits per heavy atom. The Hall–Kier alpha value is -3.14. The first-order valence-electron chi connectivity index (χ1n) is 6.88. The summed E-state index contributed by atoms with van der Waals surface area (Å²) in [5.41, 5.74) is 2.95. The van der Waals surface area contributed by atoms with E-state index >= 15 is 0 Å². The molecule has 0 fully saturated rings. The molecule has 2 N–H and O–H groups in total. The molecular formula is C18H14N2O2. The highest BCUT2D eigenvalue weighted by Gasteiger charge is 2.07. The maximum absolute atomic E-state index is 12.3. The number of rotatable bonds is 3. The lowest BCUT2D eigenvalue weighted by Gasteiger charge is -2.07. The summed E-state index contributed by atoms with van der Waals surface area (Å²) < 4.78 is 0. The van der Waals surface area contributed by atoms with E-state index in [-0.39, 0.29) is 11.5 Å². The highest BCUT2D eigenvalue weighted by atomic mass is 16.1. The van der Waals surface area contributed by atoms with Gasteiger partial charge in [-0.2, -0.15) is 0 Å². The summed E-state index contributed by atoms with van der Waals surface area (Å²) >= 11 is 0. The van der Waals surface area contributed by atoms with E-state index in [1.807, 2.05) is 48.5 Å². The highest BCUT2D eigenvalue weighted by molar-refractivity contribution is 6.04. The van der Waals surface area contributed by atoms with E-state index in [1.54, 1.807) is 12.1 Å². The van der Waals surface area contributed by atoms with Gasteiger partial charge >= 0.3 is 0 Å². The Morgan fingerprint density at radius 1 is 0.864 bits per heavy atom. The van der Waals surface area contributed by atoms with Gasteiger partial charge in [-0.15, -0.1) is 0 Å². The normalized spacial score (nSPS) is 10.2. The van der Waals surface area contributed by atoms with Crippen LogP contribution in [0.1, 0.15) is 10.4 Å². The predicted molar refractivity (Wildman–Crippen MR) is 86.9 cm³/mol. The zero-order chi connectivity index (χ0) is 15.4. The van der Waals surface area contributed by atoms with Gasteiger partial charge in [0.15, 0.2) is 0 Å². The molecule has 1 amide bonds. The first kappa shape index (κ1) is 13.8. The molecule has 108 valence electrons. The minimum absolute atomic E-state index is 0.205. The van der Waals surface area contributed by atoms with Crippen LogP contribution in [0, 0.1) is 0 Å². The number of aromatic amines is 1. The van der Waals surface area contributed by atoms with E-state index in [1.165, 1.54) is 12.3 Å². The van der Waals surface area contributed by atoms with Crippen molar-refractivity contribution in [3.63, 3.8) is 0 Å². The van der Waals surface area contributed by atoms with E-state index in [0.717, 1.165) is 11.1 Å². The van der Waals surface area contributed by atoms with Gasteiger partial charge < -0.3 is 10.3 Å². The van der Waals surface area contributed by atoms with Gasteiger partial charge in [-0.1, -0.05) is 42.5 Å². The molecule has 0 radical (unpaired) electrons. The van der Waals surface area contributed by atoms with E-state index in [2.05, 4.69) is 10.3 Å². The van der Waals surface area contributed by atoms with Gasteiger partial charge in [0, 0.05) is 17.8 Å². The third-order valence-electron chi connectivity index (χ3n) is 3.27. The van der Waals surface area contributed by atoms with Gasteiger partial charge in [0.2, 0.25) is 5.56 Å². The van der Waals surface area contributed by atoms with E-state index in [4.69, 9.17) is 0 Å². The van der Waals surface area contributed by atoms with Crippen LogP contribution in [0.15, 0.2) is 77.7 Å². The number of benzene rings is 2. The monoisotopic (exact) mass is 290 g/mol. The Bertz CT molecular complexity index is 834. The zero-order valence-corrected chi connectivity index (χ0v) is 11.7. The van der Waals surface area contributed by atoms with E-state index in [0.29, 0.717) is 11.3 Å². The van der Waals surface area contributed by atoms with Gasteiger partial charge in [0.05, 0.1) is 5.69 Å². The molecule has 0 bridgehead atoms. The second kappa shape index (κ2) is 6.10. The Morgan fingerprint density at radius 3 is 2.36 bits per heavy atom. The minimum atomic E-state index is -0.218. The number of hydrogen-bond acceptors (Lipinski definition) is 2. The molecule has 0 saturated heterocycles. The van der Waals surface area contributed by atoms with Crippen molar-refractivity contribution in [3.8, 4) is 11.1 Å². The molecule has 3 rings (SSSR count). The van der Waals surface area contributed by atoms with E-state index in [9.17, 15) is 9.59 Å². The van der Waals surface area contributed by atoms with Crippen molar-refractivity contribution in [2.75, 3.05) is 5.32 Å². The van der Waals surface area contributed by atoms with Crippen molar-refractivity contribution < 1.29 is 4.79 Å². The molecule has 1 aromatic heterocycles. The van der Waals surface area contributed by atoms with Crippen molar-refractivity contribution in [1.29, 1.82) is 0 Å². The SMILES string of the molecule is O=C(Nc1ccc(=O)[nH]c1)c1cccc(-c2ccccc2)c1. The first-order valence-corrected chi connectivity index (χ1v) is 6.88. The number of pyridine rings is 1. The zero-order valence-electron chi connectivity index (χ0n) is 11.7. The number of hydrogen-bond donors (Lipinski definition) is 2. The topological polar surface area (TPSA) is 62.0 Å². The lowest BCUT2D eigenvalue weighted by molar-refractivity contribution is 0.102. The molecule has 0 spiro atoms. The molecule has 0 aliphatic carbocycles. The summed E-state index contributed by atoms with van der Waals surface area (Å²) in [5.74, 6) is -0.218. The summed E-state index contributed by atoms with van der Waals surface area (Å²) in [6.45, 7) is 0. The van der Waals surface area contributed by atoms with Gasteiger partial charge in [0.25, 0.3) is 5.91 Å². The number of amides is 1. The van der Waals surface area contributed by atoms with Gasteiger partial charge in [-0.25, -0.2) is 0 Å². The molecule has 0 atom stereocenters. The summed E-state index contributed by atoms with van der Waals surface area (Å²) in [5, 5.41) is 2.76. The molecule has 22 heavy (non-hydrogen) atoms. The Labute approximate surface area is 127 Å². The van der Waals surface area contributed by atoms with Crippen LogP contribution in [0.5, 0.6) is 0 Å². The van der Waals surface area contributed by atoms with Crippen LogP contribution in [-0.2, 0) is 0 Å². The number of aromatic nitrogens is 1. The average molecular weight is 290 g/mol. The first-order chi connectivity index (χ1) is 10.7. The smallest absolute Gasteiger partial charge is 0.255 e. The fourth-order valence-corrected chi connectivity index (χ4v) is 2.16. The quantitative estimate of drug-likeness (QED) is 0.777. The fourth-order valence-electron chi connectivity index (χ4n) is 2.16. The molecule has 2 aromatic carbocycles. The third kappa shape index (κ3) is 3.12. The molecule has 0 aliphatic heterocycles. The predicted octanol–water partition coefficient (Wildman–Crippen LogP) is 3.29. The second-order valence-corrected chi connectivity index (χ2v) is 4.84. The average Bonchev–Trinajstić information content (AvgIpc) is 2.58.